The third kappa shape index (κ3) is 3.57. The first-order valence-electron chi connectivity index (χ1n) is 8.03. The Kier molecular flexibility index (Phi) is 4.69. The quantitative estimate of drug-likeness (QED) is 0.891. The minimum atomic E-state index is -0.0956. The SMILES string of the molecule is Cc1ccc(Cl)cc1NC(=O)[C@@H](C)[NH+]1CCc2ccccc2C1. The molecular weight excluding hydrogens is 308 g/mol. The zero-order valence-corrected chi connectivity index (χ0v) is 14.3. The van der Waals surface area contributed by atoms with Crippen LogP contribution in [0.1, 0.15) is 23.6 Å². The average Bonchev–Trinajstić information content (AvgIpc) is 2.57. The van der Waals surface area contributed by atoms with Crippen LogP contribution < -0.4 is 10.2 Å². The Morgan fingerprint density at radius 3 is 2.74 bits per heavy atom. The standard InChI is InChI=1S/C19H21ClN2O/c1-13-7-8-17(20)11-18(13)21-19(23)14(2)22-10-9-15-5-3-4-6-16(15)12-22/h3-8,11,14H,9-10,12H2,1-2H3,(H,21,23)/p+1/t14-/m1/s1. The Labute approximate surface area is 142 Å². The van der Waals surface area contributed by atoms with Crippen LogP contribution in [0.3, 0.4) is 0 Å². The zero-order valence-electron chi connectivity index (χ0n) is 13.5. The summed E-state index contributed by atoms with van der Waals surface area (Å²) in [6, 6.07) is 14.0. The van der Waals surface area contributed by atoms with Gasteiger partial charge in [-0.1, -0.05) is 41.9 Å². The molecule has 120 valence electrons. The summed E-state index contributed by atoms with van der Waals surface area (Å²) >= 11 is 6.03. The van der Waals surface area contributed by atoms with Crippen molar-refractivity contribution in [1.82, 2.24) is 0 Å². The molecule has 3 nitrogen and oxygen atoms in total. The van der Waals surface area contributed by atoms with E-state index in [1.807, 2.05) is 32.0 Å². The normalized spacial score (nSPS) is 18.1. The van der Waals surface area contributed by atoms with Gasteiger partial charge in [0.1, 0.15) is 6.54 Å². The van der Waals surface area contributed by atoms with Crippen LogP contribution in [0.5, 0.6) is 0 Å². The fourth-order valence-corrected chi connectivity index (χ4v) is 3.30. The average molecular weight is 330 g/mol. The van der Waals surface area contributed by atoms with Crippen molar-refractivity contribution in [2.45, 2.75) is 32.9 Å². The predicted octanol–water partition coefficient (Wildman–Crippen LogP) is 2.62. The van der Waals surface area contributed by atoms with E-state index in [4.69, 9.17) is 11.6 Å². The number of carbonyl (C=O) groups excluding carboxylic acids is 1. The van der Waals surface area contributed by atoms with Gasteiger partial charge in [0.25, 0.3) is 5.91 Å². The molecule has 1 amide bonds. The molecular formula is C19H22ClN2O+. The zero-order chi connectivity index (χ0) is 16.4. The number of quaternary nitrogens is 1. The molecule has 0 fully saturated rings. The Morgan fingerprint density at radius 2 is 1.96 bits per heavy atom. The maximum Gasteiger partial charge on any atom is 0.282 e. The monoisotopic (exact) mass is 329 g/mol. The van der Waals surface area contributed by atoms with Gasteiger partial charge in [0.15, 0.2) is 6.04 Å². The molecule has 4 heteroatoms. The van der Waals surface area contributed by atoms with Gasteiger partial charge >= 0.3 is 0 Å². The number of fused-ring (bicyclic) bond motifs is 1. The largest absolute Gasteiger partial charge is 0.321 e. The summed E-state index contributed by atoms with van der Waals surface area (Å²) < 4.78 is 0. The number of hydrogen-bond donors (Lipinski definition) is 2. The lowest BCUT2D eigenvalue weighted by Gasteiger charge is -2.30. The summed E-state index contributed by atoms with van der Waals surface area (Å²) in [7, 11) is 0. The summed E-state index contributed by atoms with van der Waals surface area (Å²) in [6.07, 6.45) is 1.03. The van der Waals surface area contributed by atoms with E-state index < -0.39 is 0 Å². The lowest BCUT2D eigenvalue weighted by Crippen LogP contribution is -3.16. The Bertz CT molecular complexity index is 729. The fourth-order valence-electron chi connectivity index (χ4n) is 3.13. The van der Waals surface area contributed by atoms with Gasteiger partial charge < -0.3 is 10.2 Å². The van der Waals surface area contributed by atoms with Gasteiger partial charge in [-0.25, -0.2) is 0 Å². The first-order chi connectivity index (χ1) is 11.0. The smallest absolute Gasteiger partial charge is 0.282 e. The van der Waals surface area contributed by atoms with Gasteiger partial charge in [0, 0.05) is 22.7 Å². The molecule has 0 bridgehead atoms. The molecule has 0 spiro atoms. The van der Waals surface area contributed by atoms with Crippen molar-refractivity contribution in [2.24, 2.45) is 0 Å². The number of nitrogens with one attached hydrogen (secondary N) is 2. The molecule has 23 heavy (non-hydrogen) atoms. The van der Waals surface area contributed by atoms with Crippen molar-refractivity contribution in [3.8, 4) is 0 Å². The van der Waals surface area contributed by atoms with E-state index in [1.165, 1.54) is 16.0 Å². The minimum absolute atomic E-state index is 0.0461. The molecule has 2 atom stereocenters. The van der Waals surface area contributed by atoms with Crippen LogP contribution in [0.4, 0.5) is 5.69 Å². The number of aryl methyl sites for hydroxylation is 1. The Hall–Kier alpha value is -1.84. The number of amides is 1. The highest BCUT2D eigenvalue weighted by Crippen LogP contribution is 2.20. The molecule has 1 aliphatic heterocycles. The van der Waals surface area contributed by atoms with E-state index in [1.54, 1.807) is 0 Å². The van der Waals surface area contributed by atoms with Crippen molar-refractivity contribution >= 4 is 23.2 Å². The Balaban J connectivity index is 1.70. The van der Waals surface area contributed by atoms with Crippen LogP contribution in [0.2, 0.25) is 5.02 Å². The van der Waals surface area contributed by atoms with Crippen molar-refractivity contribution in [2.75, 3.05) is 11.9 Å². The molecule has 2 N–H and O–H groups in total. The number of carbonyl (C=O) groups is 1. The summed E-state index contributed by atoms with van der Waals surface area (Å²) in [5.74, 6) is 0.0461. The fraction of sp³-hybridized carbons (Fsp3) is 0.316. The maximum atomic E-state index is 12.6. The van der Waals surface area contributed by atoms with Gasteiger partial charge in [-0.2, -0.15) is 0 Å². The molecule has 1 aliphatic rings. The van der Waals surface area contributed by atoms with Crippen molar-refractivity contribution < 1.29 is 9.69 Å². The summed E-state index contributed by atoms with van der Waals surface area (Å²) in [4.78, 5) is 13.9. The van der Waals surface area contributed by atoms with E-state index in [0.29, 0.717) is 5.02 Å². The van der Waals surface area contributed by atoms with Crippen molar-refractivity contribution in [3.05, 3.63) is 64.2 Å². The number of hydrogen-bond acceptors (Lipinski definition) is 1. The summed E-state index contributed by atoms with van der Waals surface area (Å²) in [5, 5.41) is 3.66. The molecule has 2 aromatic rings. The molecule has 0 aromatic heterocycles. The van der Waals surface area contributed by atoms with Crippen LogP contribution in [0.25, 0.3) is 0 Å². The third-order valence-corrected chi connectivity index (χ3v) is 4.95. The van der Waals surface area contributed by atoms with Gasteiger partial charge in [0.05, 0.1) is 6.54 Å². The second-order valence-corrected chi connectivity index (χ2v) is 6.71. The first kappa shape index (κ1) is 16.0. The molecule has 2 aromatic carbocycles. The number of rotatable bonds is 3. The van der Waals surface area contributed by atoms with Crippen molar-refractivity contribution in [3.63, 3.8) is 0 Å². The number of anilines is 1. The van der Waals surface area contributed by atoms with Gasteiger partial charge in [-0.3, -0.25) is 4.79 Å². The van der Waals surface area contributed by atoms with E-state index in [2.05, 4.69) is 29.6 Å². The van der Waals surface area contributed by atoms with E-state index in [0.717, 1.165) is 30.8 Å². The van der Waals surface area contributed by atoms with Crippen LogP contribution >= 0.6 is 11.6 Å². The number of benzene rings is 2. The third-order valence-electron chi connectivity index (χ3n) is 4.71. The predicted molar refractivity (Wildman–Crippen MR) is 94.0 cm³/mol. The van der Waals surface area contributed by atoms with Crippen LogP contribution in [0.15, 0.2) is 42.5 Å². The van der Waals surface area contributed by atoms with Crippen LogP contribution in [-0.4, -0.2) is 18.5 Å². The van der Waals surface area contributed by atoms with E-state index in [9.17, 15) is 4.79 Å². The lowest BCUT2D eigenvalue weighted by molar-refractivity contribution is -0.929. The second-order valence-electron chi connectivity index (χ2n) is 6.27. The molecule has 0 saturated heterocycles. The van der Waals surface area contributed by atoms with Crippen LogP contribution in [-0.2, 0) is 17.8 Å². The molecule has 0 saturated carbocycles. The highest BCUT2D eigenvalue weighted by molar-refractivity contribution is 6.31. The molecule has 1 heterocycles. The Morgan fingerprint density at radius 1 is 1.22 bits per heavy atom. The molecule has 0 radical (unpaired) electrons. The topological polar surface area (TPSA) is 33.5 Å². The summed E-state index contributed by atoms with van der Waals surface area (Å²) in [6.45, 7) is 5.86. The molecule has 3 rings (SSSR count). The van der Waals surface area contributed by atoms with E-state index in [-0.39, 0.29) is 11.9 Å². The first-order valence-corrected chi connectivity index (χ1v) is 8.41. The highest BCUT2D eigenvalue weighted by atomic mass is 35.5. The summed E-state index contributed by atoms with van der Waals surface area (Å²) in [5.41, 5.74) is 4.59. The minimum Gasteiger partial charge on any atom is -0.321 e. The number of halogens is 1. The van der Waals surface area contributed by atoms with E-state index >= 15 is 0 Å². The van der Waals surface area contributed by atoms with Crippen LogP contribution in [0, 0.1) is 6.92 Å². The van der Waals surface area contributed by atoms with Crippen molar-refractivity contribution in [1.29, 1.82) is 0 Å². The lowest BCUT2D eigenvalue weighted by atomic mass is 9.98. The maximum absolute atomic E-state index is 12.6. The van der Waals surface area contributed by atoms with Gasteiger partial charge in [-0.15, -0.1) is 0 Å². The molecule has 0 aliphatic carbocycles. The highest BCUT2D eigenvalue weighted by Gasteiger charge is 2.29. The molecule has 1 unspecified atom stereocenters. The second kappa shape index (κ2) is 6.73. The van der Waals surface area contributed by atoms with Gasteiger partial charge in [0.2, 0.25) is 0 Å². The van der Waals surface area contributed by atoms with Gasteiger partial charge in [-0.05, 0) is 37.1 Å².